The number of anilines is 2. The topological polar surface area (TPSA) is 29.3 Å². The van der Waals surface area contributed by atoms with Crippen molar-refractivity contribution in [2.45, 2.75) is 13.3 Å². The zero-order valence-corrected chi connectivity index (χ0v) is 11.7. The first-order chi connectivity index (χ1) is 9.52. The quantitative estimate of drug-likeness (QED) is 0.925. The van der Waals surface area contributed by atoms with E-state index < -0.39 is 11.6 Å². The highest BCUT2D eigenvalue weighted by Gasteiger charge is 2.16. The summed E-state index contributed by atoms with van der Waals surface area (Å²) in [5.41, 5.74) is 7.77. The molecule has 0 unspecified atom stereocenters. The van der Waals surface area contributed by atoms with Crippen LogP contribution in [0.25, 0.3) is 0 Å². The molecule has 2 N–H and O–H groups in total. The highest BCUT2D eigenvalue weighted by molar-refractivity contribution is 5.64. The Morgan fingerprint density at radius 3 is 2.10 bits per heavy atom. The molecule has 0 aromatic heterocycles. The fraction of sp³-hybridized carbons (Fsp3) is 0.250. The summed E-state index contributed by atoms with van der Waals surface area (Å²) in [7, 11) is 1.65. The monoisotopic (exact) mass is 276 g/mol. The summed E-state index contributed by atoms with van der Waals surface area (Å²) in [6.07, 6.45) is 0.461. The van der Waals surface area contributed by atoms with E-state index >= 15 is 0 Å². The number of hydrogen-bond acceptors (Lipinski definition) is 2. The molecule has 20 heavy (non-hydrogen) atoms. The molecule has 0 aliphatic carbocycles. The highest BCUT2D eigenvalue weighted by Crippen LogP contribution is 2.30. The minimum Gasteiger partial charge on any atom is -0.340 e. The average molecular weight is 276 g/mol. The summed E-state index contributed by atoms with van der Waals surface area (Å²) < 4.78 is 28.3. The summed E-state index contributed by atoms with van der Waals surface area (Å²) in [6, 6.07) is 10.2. The molecular formula is C16H18F2N2. The van der Waals surface area contributed by atoms with E-state index in [-0.39, 0.29) is 5.69 Å². The van der Waals surface area contributed by atoms with Gasteiger partial charge in [-0.25, -0.2) is 8.78 Å². The van der Waals surface area contributed by atoms with Crippen LogP contribution in [0.5, 0.6) is 0 Å². The van der Waals surface area contributed by atoms with Crippen molar-refractivity contribution in [3.63, 3.8) is 0 Å². The second kappa shape index (κ2) is 6.01. The number of halogens is 2. The number of nitrogens with zero attached hydrogens (tertiary/aromatic N) is 1. The number of benzene rings is 2. The SMILES string of the molecule is Cc1ccc(N(C)c2c(F)cc(CCN)cc2F)cc1. The Morgan fingerprint density at radius 1 is 1.05 bits per heavy atom. The summed E-state index contributed by atoms with van der Waals surface area (Å²) in [5, 5.41) is 0. The van der Waals surface area contributed by atoms with Gasteiger partial charge in [-0.15, -0.1) is 0 Å². The van der Waals surface area contributed by atoms with Crippen LogP contribution in [0.4, 0.5) is 20.2 Å². The van der Waals surface area contributed by atoms with Gasteiger partial charge in [0.25, 0.3) is 0 Å². The molecule has 2 aromatic carbocycles. The first-order valence-corrected chi connectivity index (χ1v) is 6.51. The Morgan fingerprint density at radius 2 is 1.60 bits per heavy atom. The van der Waals surface area contributed by atoms with Crippen molar-refractivity contribution in [1.82, 2.24) is 0 Å². The Balaban J connectivity index is 2.39. The van der Waals surface area contributed by atoms with E-state index in [0.717, 1.165) is 11.3 Å². The summed E-state index contributed by atoms with van der Waals surface area (Å²) in [6.45, 7) is 2.33. The van der Waals surface area contributed by atoms with E-state index in [1.807, 2.05) is 31.2 Å². The van der Waals surface area contributed by atoms with Crippen LogP contribution in [0.1, 0.15) is 11.1 Å². The van der Waals surface area contributed by atoms with Crippen molar-refractivity contribution in [2.24, 2.45) is 5.73 Å². The predicted molar refractivity (Wildman–Crippen MR) is 78.4 cm³/mol. The largest absolute Gasteiger partial charge is 0.340 e. The van der Waals surface area contributed by atoms with Gasteiger partial charge < -0.3 is 10.6 Å². The lowest BCUT2D eigenvalue weighted by atomic mass is 10.1. The molecule has 0 saturated carbocycles. The maximum absolute atomic E-state index is 14.1. The van der Waals surface area contributed by atoms with Crippen molar-refractivity contribution < 1.29 is 8.78 Å². The van der Waals surface area contributed by atoms with Gasteiger partial charge in [-0.05, 0) is 49.7 Å². The van der Waals surface area contributed by atoms with Crippen molar-refractivity contribution >= 4 is 11.4 Å². The molecule has 2 rings (SSSR count). The molecule has 0 radical (unpaired) electrons. The molecule has 0 heterocycles. The van der Waals surface area contributed by atoms with E-state index in [1.165, 1.54) is 17.0 Å². The third-order valence-electron chi connectivity index (χ3n) is 3.27. The van der Waals surface area contributed by atoms with Gasteiger partial charge in [0.15, 0.2) is 0 Å². The number of rotatable bonds is 4. The first-order valence-electron chi connectivity index (χ1n) is 6.51. The van der Waals surface area contributed by atoms with Gasteiger partial charge in [-0.1, -0.05) is 17.7 Å². The van der Waals surface area contributed by atoms with Crippen molar-refractivity contribution in [2.75, 3.05) is 18.5 Å². The van der Waals surface area contributed by atoms with Crippen LogP contribution in [-0.2, 0) is 6.42 Å². The van der Waals surface area contributed by atoms with Crippen LogP contribution in [0, 0.1) is 18.6 Å². The summed E-state index contributed by atoms with van der Waals surface area (Å²) >= 11 is 0. The van der Waals surface area contributed by atoms with Gasteiger partial charge in [0.2, 0.25) is 0 Å². The highest BCUT2D eigenvalue weighted by atomic mass is 19.1. The van der Waals surface area contributed by atoms with Gasteiger partial charge in [0, 0.05) is 12.7 Å². The molecule has 0 aliphatic rings. The Kier molecular flexibility index (Phi) is 4.35. The molecule has 0 atom stereocenters. The zero-order valence-electron chi connectivity index (χ0n) is 11.7. The molecule has 0 bridgehead atoms. The molecule has 0 amide bonds. The van der Waals surface area contributed by atoms with E-state index in [2.05, 4.69) is 0 Å². The molecular weight excluding hydrogens is 258 g/mol. The van der Waals surface area contributed by atoms with Gasteiger partial charge in [-0.3, -0.25) is 0 Å². The molecule has 2 aromatic rings. The number of hydrogen-bond donors (Lipinski definition) is 1. The van der Waals surface area contributed by atoms with Crippen LogP contribution in [-0.4, -0.2) is 13.6 Å². The third kappa shape index (κ3) is 2.96. The van der Waals surface area contributed by atoms with Crippen LogP contribution >= 0.6 is 0 Å². The van der Waals surface area contributed by atoms with E-state index in [1.54, 1.807) is 7.05 Å². The summed E-state index contributed by atoms with van der Waals surface area (Å²) in [4.78, 5) is 1.51. The Hall–Kier alpha value is -1.94. The fourth-order valence-electron chi connectivity index (χ4n) is 2.15. The smallest absolute Gasteiger partial charge is 0.150 e. The molecule has 2 nitrogen and oxygen atoms in total. The minimum atomic E-state index is -0.573. The van der Waals surface area contributed by atoms with Gasteiger partial charge in [0.1, 0.15) is 17.3 Å². The normalized spacial score (nSPS) is 10.7. The predicted octanol–water partition coefficient (Wildman–Crippen LogP) is 3.54. The Bertz CT molecular complexity index is 571. The van der Waals surface area contributed by atoms with E-state index in [4.69, 9.17) is 5.73 Å². The van der Waals surface area contributed by atoms with E-state index in [0.29, 0.717) is 18.5 Å². The van der Waals surface area contributed by atoms with Crippen LogP contribution in [0.3, 0.4) is 0 Å². The van der Waals surface area contributed by atoms with Gasteiger partial charge in [-0.2, -0.15) is 0 Å². The molecule has 0 fully saturated rings. The maximum Gasteiger partial charge on any atom is 0.150 e. The van der Waals surface area contributed by atoms with Gasteiger partial charge >= 0.3 is 0 Å². The molecule has 0 spiro atoms. The average Bonchev–Trinajstić information content (AvgIpc) is 2.39. The van der Waals surface area contributed by atoms with Crippen LogP contribution < -0.4 is 10.6 Å². The zero-order chi connectivity index (χ0) is 14.7. The molecule has 4 heteroatoms. The Labute approximate surface area is 117 Å². The second-order valence-electron chi connectivity index (χ2n) is 4.84. The fourth-order valence-corrected chi connectivity index (χ4v) is 2.15. The minimum absolute atomic E-state index is 0.0466. The molecule has 0 aliphatic heterocycles. The van der Waals surface area contributed by atoms with Crippen LogP contribution in [0.15, 0.2) is 36.4 Å². The van der Waals surface area contributed by atoms with Crippen molar-refractivity contribution in [3.8, 4) is 0 Å². The lowest BCUT2D eigenvalue weighted by molar-refractivity contribution is 0.580. The molecule has 106 valence electrons. The summed E-state index contributed by atoms with van der Waals surface area (Å²) in [5.74, 6) is -1.15. The third-order valence-corrected chi connectivity index (χ3v) is 3.27. The number of aryl methyl sites for hydroxylation is 1. The second-order valence-corrected chi connectivity index (χ2v) is 4.84. The maximum atomic E-state index is 14.1. The first kappa shape index (κ1) is 14.5. The number of nitrogens with two attached hydrogens (primary N) is 1. The van der Waals surface area contributed by atoms with Gasteiger partial charge in [0.05, 0.1) is 0 Å². The van der Waals surface area contributed by atoms with Crippen LogP contribution in [0.2, 0.25) is 0 Å². The lowest BCUT2D eigenvalue weighted by Crippen LogP contribution is -2.14. The lowest BCUT2D eigenvalue weighted by Gasteiger charge is -2.21. The molecule has 0 saturated heterocycles. The standard InChI is InChI=1S/C16H18F2N2/c1-11-3-5-13(6-4-11)20(2)16-14(17)9-12(7-8-19)10-15(16)18/h3-6,9-10H,7-8,19H2,1-2H3. The van der Waals surface area contributed by atoms with Crippen molar-refractivity contribution in [3.05, 3.63) is 59.2 Å². The van der Waals surface area contributed by atoms with Crippen molar-refractivity contribution in [1.29, 1.82) is 0 Å². The van der Waals surface area contributed by atoms with E-state index in [9.17, 15) is 8.78 Å².